The van der Waals surface area contributed by atoms with Gasteiger partial charge in [-0.1, -0.05) is 35.3 Å². The molecule has 0 aliphatic carbocycles. The Bertz CT molecular complexity index is 1520. The molecule has 1 saturated heterocycles. The van der Waals surface area contributed by atoms with Crippen LogP contribution in [0.4, 0.5) is 19.0 Å². The Balaban J connectivity index is 1.33. The first-order chi connectivity index (χ1) is 18.9. The molecule has 1 atom stereocenters. The second kappa shape index (κ2) is 10.9. The molecular weight excluding hydrogens is 590 g/mol. The molecule has 1 aromatic carbocycles. The van der Waals surface area contributed by atoms with Gasteiger partial charge in [0.25, 0.3) is 0 Å². The molecule has 4 heterocycles. The highest BCUT2D eigenvalue weighted by atomic mass is 35.5. The van der Waals surface area contributed by atoms with Crippen molar-refractivity contribution < 1.29 is 26.4 Å². The second-order valence-electron chi connectivity index (χ2n) is 9.74. The van der Waals surface area contributed by atoms with Gasteiger partial charge in [0.15, 0.2) is 0 Å². The largest absolute Gasteiger partial charge is 0.417 e. The molecule has 0 N–H and O–H groups in total. The van der Waals surface area contributed by atoms with Crippen molar-refractivity contribution in [3.63, 3.8) is 0 Å². The number of amides is 1. The molecule has 3 aromatic rings. The first-order valence-corrected chi connectivity index (χ1v) is 14.7. The summed E-state index contributed by atoms with van der Waals surface area (Å²) < 4.78 is 70.0. The lowest BCUT2D eigenvalue weighted by molar-refractivity contribution is -0.138. The molecule has 1 amide bonds. The summed E-state index contributed by atoms with van der Waals surface area (Å²) >= 11 is 12.4. The molecule has 40 heavy (non-hydrogen) atoms. The van der Waals surface area contributed by atoms with Crippen molar-refractivity contribution in [2.75, 3.05) is 37.6 Å². The molecule has 0 bridgehead atoms. The highest BCUT2D eigenvalue weighted by Crippen LogP contribution is 2.38. The van der Waals surface area contributed by atoms with Crippen LogP contribution >= 0.6 is 23.2 Å². The summed E-state index contributed by atoms with van der Waals surface area (Å²) in [5, 5.41) is 0.00553. The Kier molecular flexibility index (Phi) is 7.81. The maximum Gasteiger partial charge on any atom is 0.417 e. The van der Waals surface area contributed by atoms with E-state index in [2.05, 4.69) is 4.98 Å². The Hall–Kier alpha value is -2.80. The van der Waals surface area contributed by atoms with E-state index in [4.69, 9.17) is 23.2 Å². The summed E-state index contributed by atoms with van der Waals surface area (Å²) in [5.41, 5.74) is 0.302. The third-order valence-electron chi connectivity index (χ3n) is 7.29. The number of halogens is 5. The zero-order valence-electron chi connectivity index (χ0n) is 21.4. The number of carbonyl (C=O) groups is 1. The van der Waals surface area contributed by atoms with Crippen molar-refractivity contribution in [2.24, 2.45) is 0 Å². The molecule has 0 spiro atoms. The first kappa shape index (κ1) is 28.7. The van der Waals surface area contributed by atoms with Gasteiger partial charge in [-0.2, -0.15) is 17.5 Å². The predicted molar refractivity (Wildman–Crippen MR) is 145 cm³/mol. The zero-order valence-corrected chi connectivity index (χ0v) is 23.7. The van der Waals surface area contributed by atoms with Crippen molar-refractivity contribution in [1.82, 2.24) is 18.8 Å². The van der Waals surface area contributed by atoms with Crippen LogP contribution in [-0.4, -0.2) is 65.8 Å². The Morgan fingerprint density at radius 3 is 2.40 bits per heavy atom. The minimum atomic E-state index is -4.55. The van der Waals surface area contributed by atoms with Crippen molar-refractivity contribution in [3.8, 4) is 0 Å². The molecule has 0 radical (unpaired) electrons. The van der Waals surface area contributed by atoms with E-state index in [1.54, 1.807) is 28.9 Å². The summed E-state index contributed by atoms with van der Waals surface area (Å²) in [6.45, 7) is 3.48. The lowest BCUT2D eigenvalue weighted by Crippen LogP contribution is -2.50. The highest BCUT2D eigenvalue weighted by Gasteiger charge is 2.40. The molecule has 5 rings (SSSR count). The van der Waals surface area contributed by atoms with E-state index in [0.717, 1.165) is 12.3 Å². The number of pyridine rings is 1. The molecule has 2 aliphatic heterocycles. The van der Waals surface area contributed by atoms with Crippen LogP contribution in [0.25, 0.3) is 0 Å². The fourth-order valence-corrected chi connectivity index (χ4v) is 7.94. The van der Waals surface area contributed by atoms with Gasteiger partial charge in [-0.05, 0) is 36.8 Å². The molecular formula is C26H26Cl2F3N5O3S. The second-order valence-corrected chi connectivity index (χ2v) is 12.4. The number of anilines is 1. The average molecular weight is 616 g/mol. The van der Waals surface area contributed by atoms with Crippen LogP contribution in [0.1, 0.15) is 29.3 Å². The number of fused-ring (bicyclic) bond motifs is 1. The third kappa shape index (κ3) is 5.41. The summed E-state index contributed by atoms with van der Waals surface area (Å²) in [5.74, 6) is -0.0129. The number of carbonyl (C=O) groups excluding carboxylic acids is 1. The maximum absolute atomic E-state index is 13.9. The minimum Gasteiger partial charge on any atom is -0.352 e. The number of hydrogen-bond acceptors (Lipinski definition) is 5. The number of alkyl halides is 3. The summed E-state index contributed by atoms with van der Waals surface area (Å²) in [6, 6.07) is 8.65. The molecule has 1 fully saturated rings. The SMILES string of the molecule is Cc1cccc(Cl)c1S(=O)(=O)N1CCn2cccc2C1CC(=O)N1CCN(c2ncc(C(F)(F)F)cc2Cl)CC1. The van der Waals surface area contributed by atoms with Crippen molar-refractivity contribution in [3.05, 3.63) is 75.7 Å². The molecule has 14 heteroatoms. The fraction of sp³-hybridized carbons (Fsp3) is 0.385. The Morgan fingerprint density at radius 2 is 1.75 bits per heavy atom. The molecule has 1 unspecified atom stereocenters. The van der Waals surface area contributed by atoms with Crippen LogP contribution in [-0.2, 0) is 27.5 Å². The van der Waals surface area contributed by atoms with Gasteiger partial charge in [0.2, 0.25) is 15.9 Å². The van der Waals surface area contributed by atoms with Crippen LogP contribution in [0.5, 0.6) is 0 Å². The monoisotopic (exact) mass is 615 g/mol. The van der Waals surface area contributed by atoms with Gasteiger partial charge < -0.3 is 14.4 Å². The van der Waals surface area contributed by atoms with E-state index >= 15 is 0 Å². The van der Waals surface area contributed by atoms with Gasteiger partial charge in [0.1, 0.15) is 10.7 Å². The molecule has 2 aliphatic rings. The topological polar surface area (TPSA) is 78.8 Å². The predicted octanol–water partition coefficient (Wildman–Crippen LogP) is 5.00. The smallest absolute Gasteiger partial charge is 0.352 e. The normalized spacial score (nSPS) is 18.6. The van der Waals surface area contributed by atoms with Crippen molar-refractivity contribution in [1.29, 1.82) is 0 Å². The van der Waals surface area contributed by atoms with Crippen LogP contribution in [0.15, 0.2) is 53.7 Å². The number of aryl methyl sites for hydroxylation is 1. The Morgan fingerprint density at radius 1 is 1.02 bits per heavy atom. The number of nitrogens with zero attached hydrogens (tertiary/aromatic N) is 5. The summed E-state index contributed by atoms with van der Waals surface area (Å²) in [4.78, 5) is 20.8. The van der Waals surface area contributed by atoms with Crippen LogP contribution in [0.3, 0.4) is 0 Å². The lowest BCUT2D eigenvalue weighted by Gasteiger charge is -2.39. The summed E-state index contributed by atoms with van der Waals surface area (Å²) in [7, 11) is -4.03. The first-order valence-electron chi connectivity index (χ1n) is 12.6. The van der Waals surface area contributed by atoms with Crippen LogP contribution < -0.4 is 4.90 Å². The van der Waals surface area contributed by atoms with Gasteiger partial charge in [-0.25, -0.2) is 13.4 Å². The van der Waals surface area contributed by atoms with Gasteiger partial charge in [-0.15, -0.1) is 0 Å². The minimum absolute atomic E-state index is 0.0312. The highest BCUT2D eigenvalue weighted by molar-refractivity contribution is 7.89. The Labute approximate surface area is 239 Å². The van der Waals surface area contributed by atoms with E-state index in [1.807, 2.05) is 22.9 Å². The van der Waals surface area contributed by atoms with Gasteiger partial charge in [0.05, 0.1) is 21.7 Å². The van der Waals surface area contributed by atoms with E-state index in [9.17, 15) is 26.4 Å². The molecule has 214 valence electrons. The summed E-state index contributed by atoms with van der Waals surface area (Å²) in [6.07, 6.45) is -2.03. The number of hydrogen-bond donors (Lipinski definition) is 0. The average Bonchev–Trinajstić information content (AvgIpc) is 3.37. The number of piperazine rings is 1. The van der Waals surface area contributed by atoms with E-state index in [1.165, 1.54) is 10.4 Å². The van der Waals surface area contributed by atoms with E-state index in [-0.39, 0.29) is 52.7 Å². The number of benzene rings is 1. The lowest BCUT2D eigenvalue weighted by atomic mass is 10.1. The maximum atomic E-state index is 13.9. The van der Waals surface area contributed by atoms with Crippen molar-refractivity contribution >= 4 is 45.0 Å². The van der Waals surface area contributed by atoms with Gasteiger partial charge in [-0.3, -0.25) is 4.79 Å². The zero-order chi connectivity index (χ0) is 28.8. The quantitative estimate of drug-likeness (QED) is 0.404. The fourth-order valence-electron chi connectivity index (χ4n) is 5.28. The van der Waals surface area contributed by atoms with Crippen LogP contribution in [0, 0.1) is 6.92 Å². The van der Waals surface area contributed by atoms with Crippen LogP contribution in [0.2, 0.25) is 10.0 Å². The van der Waals surface area contributed by atoms with E-state index < -0.39 is 27.8 Å². The van der Waals surface area contributed by atoms with E-state index in [0.29, 0.717) is 30.9 Å². The van der Waals surface area contributed by atoms with Crippen molar-refractivity contribution in [2.45, 2.75) is 37.0 Å². The number of aromatic nitrogens is 2. The number of rotatable bonds is 5. The number of sulfonamides is 1. The molecule has 0 saturated carbocycles. The standard InChI is InChI=1S/C26H26Cl2F3N5O3S/c1-17-4-2-5-19(27)24(17)40(38,39)36-13-12-33-7-3-6-21(33)22(36)15-23(37)34-8-10-35(11-9-34)25-20(28)14-18(16-32-25)26(29,30)31/h2-7,14,16,22H,8-13,15H2,1H3. The van der Waals surface area contributed by atoms with Gasteiger partial charge >= 0.3 is 6.18 Å². The van der Waals surface area contributed by atoms with Gasteiger partial charge in [0, 0.05) is 63.8 Å². The molecule has 2 aromatic heterocycles. The third-order valence-corrected chi connectivity index (χ3v) is 10.1. The molecule has 8 nitrogen and oxygen atoms in total.